The predicted octanol–water partition coefficient (Wildman–Crippen LogP) is 2.13. The lowest BCUT2D eigenvalue weighted by atomic mass is 10.2. The summed E-state index contributed by atoms with van der Waals surface area (Å²) in [6.07, 6.45) is 2.22. The van der Waals surface area contributed by atoms with E-state index in [0.29, 0.717) is 5.69 Å². The molecule has 1 unspecified atom stereocenters. The second-order valence-corrected chi connectivity index (χ2v) is 4.11. The van der Waals surface area contributed by atoms with Gasteiger partial charge in [0.15, 0.2) is 0 Å². The standard InChI is InChI=1S/C12H11FN4O3/c1-8(16-7-11(6-14-16)17(19)20)12(18)15-10-4-2-3-9(13)5-10/h2-8H,1H3,(H,15,18). The first-order valence-electron chi connectivity index (χ1n) is 5.72. The topological polar surface area (TPSA) is 90.1 Å². The van der Waals surface area contributed by atoms with Gasteiger partial charge in [0.1, 0.15) is 24.3 Å². The van der Waals surface area contributed by atoms with Crippen LogP contribution in [0.3, 0.4) is 0 Å². The van der Waals surface area contributed by atoms with Crippen molar-refractivity contribution < 1.29 is 14.1 Å². The van der Waals surface area contributed by atoms with Gasteiger partial charge in [0, 0.05) is 5.69 Å². The van der Waals surface area contributed by atoms with E-state index in [2.05, 4.69) is 10.4 Å². The molecule has 2 rings (SSSR count). The maximum absolute atomic E-state index is 13.0. The van der Waals surface area contributed by atoms with Crippen LogP contribution in [0, 0.1) is 15.9 Å². The van der Waals surface area contributed by atoms with E-state index >= 15 is 0 Å². The number of aromatic nitrogens is 2. The van der Waals surface area contributed by atoms with Gasteiger partial charge < -0.3 is 5.32 Å². The van der Waals surface area contributed by atoms with Crippen molar-refractivity contribution >= 4 is 17.3 Å². The molecular weight excluding hydrogens is 267 g/mol. The summed E-state index contributed by atoms with van der Waals surface area (Å²) in [6.45, 7) is 1.53. The molecule has 0 aliphatic rings. The van der Waals surface area contributed by atoms with Crippen LogP contribution in [0.25, 0.3) is 0 Å². The number of hydrogen-bond acceptors (Lipinski definition) is 4. The van der Waals surface area contributed by atoms with Crippen molar-refractivity contribution in [3.63, 3.8) is 0 Å². The van der Waals surface area contributed by atoms with E-state index in [1.807, 2.05) is 0 Å². The summed E-state index contributed by atoms with van der Waals surface area (Å²) in [7, 11) is 0. The molecule has 1 aromatic heterocycles. The van der Waals surface area contributed by atoms with E-state index < -0.39 is 22.7 Å². The van der Waals surface area contributed by atoms with Crippen LogP contribution in [-0.2, 0) is 4.79 Å². The number of rotatable bonds is 4. The molecule has 1 amide bonds. The number of anilines is 1. The molecule has 2 aromatic rings. The largest absolute Gasteiger partial charge is 0.324 e. The van der Waals surface area contributed by atoms with Crippen LogP contribution >= 0.6 is 0 Å². The second kappa shape index (κ2) is 5.47. The molecule has 0 spiro atoms. The van der Waals surface area contributed by atoms with Gasteiger partial charge in [-0.15, -0.1) is 0 Å². The Morgan fingerprint density at radius 1 is 1.55 bits per heavy atom. The molecule has 104 valence electrons. The van der Waals surface area contributed by atoms with E-state index in [9.17, 15) is 19.3 Å². The van der Waals surface area contributed by atoms with Crippen molar-refractivity contribution in [2.45, 2.75) is 13.0 Å². The minimum absolute atomic E-state index is 0.199. The second-order valence-electron chi connectivity index (χ2n) is 4.11. The summed E-state index contributed by atoms with van der Waals surface area (Å²) in [5.41, 5.74) is 0.110. The Kier molecular flexibility index (Phi) is 3.74. The molecule has 1 atom stereocenters. The highest BCUT2D eigenvalue weighted by atomic mass is 19.1. The van der Waals surface area contributed by atoms with Crippen LogP contribution < -0.4 is 5.32 Å². The highest BCUT2D eigenvalue weighted by Gasteiger charge is 2.19. The number of amides is 1. The van der Waals surface area contributed by atoms with Crippen LogP contribution in [0.2, 0.25) is 0 Å². The zero-order valence-electron chi connectivity index (χ0n) is 10.5. The minimum Gasteiger partial charge on any atom is -0.324 e. The first-order valence-corrected chi connectivity index (χ1v) is 5.72. The molecule has 0 aliphatic heterocycles. The van der Waals surface area contributed by atoms with Crippen molar-refractivity contribution in [1.29, 1.82) is 0 Å². The monoisotopic (exact) mass is 278 g/mol. The number of benzene rings is 1. The molecule has 8 heteroatoms. The van der Waals surface area contributed by atoms with Crippen LogP contribution in [0.1, 0.15) is 13.0 Å². The Bertz CT molecular complexity index is 656. The van der Waals surface area contributed by atoms with Gasteiger partial charge in [0.05, 0.1) is 4.92 Å². The first-order chi connectivity index (χ1) is 9.47. The van der Waals surface area contributed by atoms with E-state index in [1.54, 1.807) is 6.07 Å². The number of nitrogens with zero attached hydrogens (tertiary/aromatic N) is 3. The molecule has 0 aliphatic carbocycles. The summed E-state index contributed by atoms with van der Waals surface area (Å²) >= 11 is 0. The zero-order chi connectivity index (χ0) is 14.7. The number of nitro groups is 1. The fraction of sp³-hybridized carbons (Fsp3) is 0.167. The lowest BCUT2D eigenvalue weighted by Crippen LogP contribution is -2.24. The Hall–Kier alpha value is -2.77. The molecule has 0 saturated heterocycles. The van der Waals surface area contributed by atoms with Gasteiger partial charge in [-0.3, -0.25) is 19.6 Å². The van der Waals surface area contributed by atoms with E-state index in [0.717, 1.165) is 12.4 Å². The smallest absolute Gasteiger partial charge is 0.307 e. The van der Waals surface area contributed by atoms with Crippen molar-refractivity contribution in [1.82, 2.24) is 9.78 Å². The fourth-order valence-corrected chi connectivity index (χ4v) is 1.57. The summed E-state index contributed by atoms with van der Waals surface area (Å²) in [5, 5.41) is 16.8. The number of hydrogen-bond donors (Lipinski definition) is 1. The SMILES string of the molecule is CC(C(=O)Nc1cccc(F)c1)n1cc([N+](=O)[O-])cn1. The summed E-state index contributed by atoms with van der Waals surface area (Å²) in [4.78, 5) is 21.9. The van der Waals surface area contributed by atoms with Gasteiger partial charge >= 0.3 is 5.69 Å². The first kappa shape index (κ1) is 13.7. The quantitative estimate of drug-likeness (QED) is 0.685. The molecule has 20 heavy (non-hydrogen) atoms. The van der Waals surface area contributed by atoms with Crippen LogP contribution in [-0.4, -0.2) is 20.6 Å². The maximum atomic E-state index is 13.0. The van der Waals surface area contributed by atoms with E-state index in [-0.39, 0.29) is 5.69 Å². The van der Waals surface area contributed by atoms with Gasteiger partial charge in [0.25, 0.3) is 0 Å². The summed E-state index contributed by atoms with van der Waals surface area (Å²) < 4.78 is 14.2. The molecule has 0 fully saturated rings. The molecule has 1 aromatic carbocycles. The third kappa shape index (κ3) is 2.97. The van der Waals surface area contributed by atoms with Crippen molar-refractivity contribution in [2.24, 2.45) is 0 Å². The van der Waals surface area contributed by atoms with Crippen LogP contribution in [0.15, 0.2) is 36.7 Å². The van der Waals surface area contributed by atoms with Gasteiger partial charge in [-0.2, -0.15) is 5.10 Å². The number of halogens is 1. The number of nitrogens with one attached hydrogen (secondary N) is 1. The van der Waals surface area contributed by atoms with Gasteiger partial charge in [-0.05, 0) is 25.1 Å². The Balaban J connectivity index is 2.10. The fourth-order valence-electron chi connectivity index (χ4n) is 1.57. The highest BCUT2D eigenvalue weighted by molar-refractivity contribution is 5.93. The van der Waals surface area contributed by atoms with Crippen LogP contribution in [0.4, 0.5) is 15.8 Å². The van der Waals surface area contributed by atoms with Crippen LogP contribution in [0.5, 0.6) is 0 Å². The zero-order valence-corrected chi connectivity index (χ0v) is 10.5. The minimum atomic E-state index is -0.757. The van der Waals surface area contributed by atoms with Crippen molar-refractivity contribution in [2.75, 3.05) is 5.32 Å². The van der Waals surface area contributed by atoms with Crippen molar-refractivity contribution in [3.05, 3.63) is 52.6 Å². The number of carbonyl (C=O) groups is 1. The van der Waals surface area contributed by atoms with Gasteiger partial charge in [-0.25, -0.2) is 4.39 Å². The Morgan fingerprint density at radius 3 is 2.90 bits per heavy atom. The number of carbonyl (C=O) groups excluding carboxylic acids is 1. The lowest BCUT2D eigenvalue weighted by Gasteiger charge is -2.12. The molecule has 7 nitrogen and oxygen atoms in total. The Morgan fingerprint density at radius 2 is 2.30 bits per heavy atom. The molecular formula is C12H11FN4O3. The predicted molar refractivity (Wildman–Crippen MR) is 68.6 cm³/mol. The average Bonchev–Trinajstić information content (AvgIpc) is 2.87. The summed E-state index contributed by atoms with van der Waals surface area (Å²) in [5.74, 6) is -0.918. The lowest BCUT2D eigenvalue weighted by molar-refractivity contribution is -0.385. The van der Waals surface area contributed by atoms with Gasteiger partial charge in [0.2, 0.25) is 5.91 Å². The van der Waals surface area contributed by atoms with E-state index in [1.165, 1.54) is 29.8 Å². The average molecular weight is 278 g/mol. The Labute approximate surface area is 113 Å². The third-order valence-corrected chi connectivity index (χ3v) is 2.67. The third-order valence-electron chi connectivity index (χ3n) is 2.67. The molecule has 1 heterocycles. The van der Waals surface area contributed by atoms with Crippen molar-refractivity contribution in [3.8, 4) is 0 Å². The molecule has 0 radical (unpaired) electrons. The molecule has 1 N–H and O–H groups in total. The van der Waals surface area contributed by atoms with Gasteiger partial charge in [-0.1, -0.05) is 6.07 Å². The summed E-state index contributed by atoms with van der Waals surface area (Å²) in [6, 6.07) is 4.69. The molecule has 0 saturated carbocycles. The normalized spacial score (nSPS) is 11.9. The highest BCUT2D eigenvalue weighted by Crippen LogP contribution is 2.15. The maximum Gasteiger partial charge on any atom is 0.307 e. The van der Waals surface area contributed by atoms with E-state index in [4.69, 9.17) is 0 Å². The molecule has 0 bridgehead atoms.